The molecule has 282 valence electrons. The summed E-state index contributed by atoms with van der Waals surface area (Å²) in [5, 5.41) is 43.6. The number of nitrogens with zero attached hydrogens (tertiary/aromatic N) is 6. The fourth-order valence-electron chi connectivity index (χ4n) is 6.26. The summed E-state index contributed by atoms with van der Waals surface area (Å²) in [6.45, 7) is 31.8. The second kappa shape index (κ2) is 14.7. The monoisotopic (exact) mass is 711 g/mol. The second-order valence-electron chi connectivity index (χ2n) is 18.8. The first kappa shape index (κ1) is 39.0. The highest BCUT2D eigenvalue weighted by Gasteiger charge is 2.24. The van der Waals surface area contributed by atoms with Crippen LogP contribution in [0.25, 0.3) is 0 Å². The van der Waals surface area contributed by atoms with Gasteiger partial charge >= 0.3 is 0 Å². The maximum Gasteiger partial charge on any atom is 0.124 e. The zero-order chi connectivity index (χ0) is 38.2. The van der Waals surface area contributed by atoms with Crippen molar-refractivity contribution in [1.82, 2.24) is 50.6 Å². The van der Waals surface area contributed by atoms with Crippen molar-refractivity contribution in [2.45, 2.75) is 151 Å². The van der Waals surface area contributed by atoms with E-state index in [0.717, 1.165) is 62.2 Å². The third kappa shape index (κ3) is 10.0. The van der Waals surface area contributed by atoms with Crippen molar-refractivity contribution >= 4 is 0 Å². The minimum Gasteiger partial charge on any atom is -0.507 e. The van der Waals surface area contributed by atoms with Gasteiger partial charge in [0.2, 0.25) is 0 Å². The van der Waals surface area contributed by atoms with Gasteiger partial charge in [0, 0.05) is 94.8 Å². The van der Waals surface area contributed by atoms with Crippen LogP contribution >= 0.6 is 0 Å². The summed E-state index contributed by atoms with van der Waals surface area (Å²) in [5.74, 6) is 0.320. The van der Waals surface area contributed by atoms with Gasteiger partial charge in [0.25, 0.3) is 0 Å². The lowest BCUT2D eigenvalue weighted by molar-refractivity contribution is 0.231. The average Bonchev–Trinajstić information content (AvgIpc) is 3.81. The van der Waals surface area contributed by atoms with Crippen LogP contribution in [0.15, 0.2) is 36.4 Å². The maximum atomic E-state index is 12.0. The molecule has 0 unspecified atom stereocenters. The van der Waals surface area contributed by atoms with E-state index in [9.17, 15) is 5.11 Å². The first-order valence-corrected chi connectivity index (χ1v) is 18.5. The van der Waals surface area contributed by atoms with Crippen LogP contribution in [0.3, 0.4) is 0 Å². The number of nitrogens with one attached hydrogen (secondary N) is 4. The van der Waals surface area contributed by atoms with E-state index >= 15 is 0 Å². The van der Waals surface area contributed by atoms with Crippen molar-refractivity contribution in [2.75, 3.05) is 0 Å². The summed E-state index contributed by atoms with van der Waals surface area (Å²) < 4.78 is 0. The summed E-state index contributed by atoms with van der Waals surface area (Å²) in [7, 11) is 0. The van der Waals surface area contributed by atoms with E-state index in [1.165, 1.54) is 0 Å². The van der Waals surface area contributed by atoms with Crippen molar-refractivity contribution in [2.24, 2.45) is 0 Å². The number of aromatic amines is 4. The summed E-state index contributed by atoms with van der Waals surface area (Å²) in [5.41, 5.74) is 10.9. The molecule has 5 rings (SSSR count). The summed E-state index contributed by atoms with van der Waals surface area (Å²) in [6.07, 6.45) is 0. The SMILES string of the molecule is Cc1cc(CN(Cc2cc(C(C)(C)C)n[nH]2)Cc2cc(C(C)(C)C)n[nH]2)c(O)c(CN(Cc2cc(C(C)(C)C)n[nH]2)Cc2cc(C(C)(C)C)n[nH]2)c1. The van der Waals surface area contributed by atoms with Gasteiger partial charge in [-0.1, -0.05) is 101 Å². The van der Waals surface area contributed by atoms with E-state index in [1.54, 1.807) is 0 Å². The van der Waals surface area contributed by atoms with E-state index in [-0.39, 0.29) is 21.7 Å². The highest BCUT2D eigenvalue weighted by molar-refractivity contribution is 5.43. The molecule has 0 bridgehead atoms. The molecule has 0 spiro atoms. The molecule has 5 N–H and O–H groups in total. The normalized spacial score (nSPS) is 13.2. The standard InChI is InChI=1S/C41H62N10O/c1-26-14-27(20-50(22-29-16-33(46-42-29)38(2,3)4)23-30-17-34(47-43-30)39(5,6)7)37(52)28(15-26)21-51(24-31-18-35(48-44-31)40(8,9)10)25-32-19-36(49-45-32)41(11,12)13/h14-19,52H,20-25H2,1-13H3,(H,42,46)(H,43,47)(H,44,48)(H,45,49). The molecule has 0 aliphatic carbocycles. The quantitative estimate of drug-likeness (QED) is 0.0879. The third-order valence-corrected chi connectivity index (χ3v) is 9.37. The number of rotatable bonds is 12. The third-order valence-electron chi connectivity index (χ3n) is 9.37. The summed E-state index contributed by atoms with van der Waals surface area (Å²) in [6, 6.07) is 12.8. The van der Waals surface area contributed by atoms with Gasteiger partial charge in [0.05, 0.1) is 22.8 Å². The molecule has 4 heterocycles. The van der Waals surface area contributed by atoms with Crippen LogP contribution in [0.5, 0.6) is 5.75 Å². The lowest BCUT2D eigenvalue weighted by atomic mass is 9.92. The Hall–Kier alpha value is -4.22. The van der Waals surface area contributed by atoms with Crippen molar-refractivity contribution in [3.63, 3.8) is 0 Å². The Labute approximate surface area is 310 Å². The lowest BCUT2D eigenvalue weighted by Gasteiger charge is -2.25. The van der Waals surface area contributed by atoms with Crippen LogP contribution < -0.4 is 0 Å². The van der Waals surface area contributed by atoms with E-state index in [0.29, 0.717) is 45.0 Å². The van der Waals surface area contributed by atoms with Gasteiger partial charge in [-0.3, -0.25) is 30.2 Å². The fraction of sp³-hybridized carbons (Fsp3) is 0.561. The number of aromatic hydroxyl groups is 1. The van der Waals surface area contributed by atoms with Crippen molar-refractivity contribution < 1.29 is 5.11 Å². The summed E-state index contributed by atoms with van der Waals surface area (Å²) in [4.78, 5) is 4.65. The fourth-order valence-corrected chi connectivity index (χ4v) is 6.26. The largest absolute Gasteiger partial charge is 0.507 e. The van der Waals surface area contributed by atoms with Crippen LogP contribution in [0.1, 0.15) is 145 Å². The highest BCUT2D eigenvalue weighted by Crippen LogP contribution is 2.31. The Morgan fingerprint density at radius 1 is 0.442 bits per heavy atom. The smallest absolute Gasteiger partial charge is 0.124 e. The van der Waals surface area contributed by atoms with E-state index in [4.69, 9.17) is 0 Å². The molecule has 4 aromatic heterocycles. The van der Waals surface area contributed by atoms with Crippen LogP contribution in [0, 0.1) is 6.92 Å². The first-order chi connectivity index (χ1) is 24.0. The predicted octanol–water partition coefficient (Wildman–Crippen LogP) is 8.19. The molecule has 0 atom stereocenters. The van der Waals surface area contributed by atoms with Crippen LogP contribution in [0.4, 0.5) is 0 Å². The molecule has 52 heavy (non-hydrogen) atoms. The molecule has 11 nitrogen and oxygen atoms in total. The lowest BCUT2D eigenvalue weighted by Crippen LogP contribution is -2.25. The van der Waals surface area contributed by atoms with Gasteiger partial charge in [-0.25, -0.2) is 0 Å². The number of phenolic OH excluding ortho intramolecular Hbond substituents is 1. The van der Waals surface area contributed by atoms with Gasteiger partial charge in [0.1, 0.15) is 5.75 Å². The molecule has 0 saturated heterocycles. The molecule has 0 saturated carbocycles. The first-order valence-electron chi connectivity index (χ1n) is 18.5. The minimum atomic E-state index is -0.0604. The van der Waals surface area contributed by atoms with E-state index in [2.05, 4.69) is 177 Å². The number of aromatic nitrogens is 8. The minimum absolute atomic E-state index is 0.0604. The summed E-state index contributed by atoms with van der Waals surface area (Å²) >= 11 is 0. The number of hydrogen-bond donors (Lipinski definition) is 5. The molecule has 0 aliphatic rings. The van der Waals surface area contributed by atoms with E-state index < -0.39 is 0 Å². The maximum absolute atomic E-state index is 12.0. The highest BCUT2D eigenvalue weighted by atomic mass is 16.3. The van der Waals surface area contributed by atoms with Crippen molar-refractivity contribution in [1.29, 1.82) is 0 Å². The molecule has 5 aromatic rings. The number of benzene rings is 1. The molecule has 0 amide bonds. The number of aryl methyl sites for hydroxylation is 1. The topological polar surface area (TPSA) is 141 Å². The Morgan fingerprint density at radius 2 is 0.692 bits per heavy atom. The zero-order valence-corrected chi connectivity index (χ0v) is 33.8. The van der Waals surface area contributed by atoms with Crippen molar-refractivity contribution in [3.05, 3.63) is 98.6 Å². The van der Waals surface area contributed by atoms with E-state index in [1.807, 2.05) is 0 Å². The van der Waals surface area contributed by atoms with Gasteiger partial charge in [-0.05, 0) is 31.2 Å². The molecule has 0 radical (unpaired) electrons. The molecule has 11 heteroatoms. The molecule has 0 aliphatic heterocycles. The Balaban J connectivity index is 1.45. The second-order valence-corrected chi connectivity index (χ2v) is 18.8. The van der Waals surface area contributed by atoms with Gasteiger partial charge in [0.15, 0.2) is 0 Å². The molecular weight excluding hydrogens is 649 g/mol. The van der Waals surface area contributed by atoms with Gasteiger partial charge in [-0.2, -0.15) is 20.4 Å². The van der Waals surface area contributed by atoms with Gasteiger partial charge in [-0.15, -0.1) is 0 Å². The Kier molecular flexibility index (Phi) is 11.0. The zero-order valence-electron chi connectivity index (χ0n) is 33.8. The molecule has 0 fully saturated rings. The number of phenols is 1. The van der Waals surface area contributed by atoms with Crippen LogP contribution in [0.2, 0.25) is 0 Å². The van der Waals surface area contributed by atoms with Crippen LogP contribution in [-0.4, -0.2) is 55.7 Å². The average molecular weight is 711 g/mol. The number of hydrogen-bond acceptors (Lipinski definition) is 7. The van der Waals surface area contributed by atoms with Crippen LogP contribution in [-0.2, 0) is 60.9 Å². The number of H-pyrrole nitrogens is 4. The Morgan fingerprint density at radius 3 is 0.904 bits per heavy atom. The van der Waals surface area contributed by atoms with Gasteiger partial charge < -0.3 is 5.11 Å². The predicted molar refractivity (Wildman–Crippen MR) is 208 cm³/mol. The molecular formula is C41H62N10O. The van der Waals surface area contributed by atoms with Crippen molar-refractivity contribution in [3.8, 4) is 5.75 Å². The Bertz CT molecular complexity index is 1690. The molecule has 1 aromatic carbocycles.